The summed E-state index contributed by atoms with van der Waals surface area (Å²) in [4.78, 5) is 13.5. The topological polar surface area (TPSA) is 83.5 Å². The van der Waals surface area contributed by atoms with Gasteiger partial charge in [-0.05, 0) is 25.0 Å². The third kappa shape index (κ3) is 4.30. The zero-order valence-electron chi connectivity index (χ0n) is 11.7. The monoisotopic (exact) mass is 327 g/mol. The summed E-state index contributed by atoms with van der Waals surface area (Å²) in [6.45, 7) is 1.89. The Labute approximate surface area is 128 Å². The summed E-state index contributed by atoms with van der Waals surface area (Å²) in [5, 5.41) is 11.5. The molecule has 0 radical (unpaired) electrons. The lowest BCUT2D eigenvalue weighted by molar-refractivity contribution is 0.0945. The maximum Gasteiger partial charge on any atom is 0.261 e. The number of amides is 1. The molecule has 114 valence electrons. The van der Waals surface area contributed by atoms with Crippen molar-refractivity contribution >= 4 is 27.1 Å². The second kappa shape index (κ2) is 6.60. The third-order valence-electron chi connectivity index (χ3n) is 3.15. The van der Waals surface area contributed by atoms with Crippen molar-refractivity contribution in [2.75, 3.05) is 18.1 Å². The standard InChI is InChI=1S/C14H17NO4S2/c1-10-8-13(20-12(10)4-2-3-6-16)14(17)15-11-5-7-21(18,19)9-11/h8,11,16H,3,5-7,9H2,1H3,(H,15,17). The molecule has 2 rings (SSSR count). The predicted molar refractivity (Wildman–Crippen MR) is 82.2 cm³/mol. The van der Waals surface area contributed by atoms with Crippen molar-refractivity contribution in [3.05, 3.63) is 21.4 Å². The fraction of sp³-hybridized carbons (Fsp3) is 0.500. The minimum Gasteiger partial charge on any atom is -0.395 e. The zero-order valence-corrected chi connectivity index (χ0v) is 13.3. The van der Waals surface area contributed by atoms with Crippen molar-refractivity contribution in [3.8, 4) is 11.8 Å². The first kappa shape index (κ1) is 16.0. The molecule has 0 spiro atoms. The van der Waals surface area contributed by atoms with Crippen LogP contribution in [0.25, 0.3) is 0 Å². The Balaban J connectivity index is 2.04. The lowest BCUT2D eigenvalue weighted by atomic mass is 10.2. The van der Waals surface area contributed by atoms with Gasteiger partial charge in [0.25, 0.3) is 5.91 Å². The highest BCUT2D eigenvalue weighted by molar-refractivity contribution is 7.91. The summed E-state index contributed by atoms with van der Waals surface area (Å²) in [6, 6.07) is 1.46. The highest BCUT2D eigenvalue weighted by Crippen LogP contribution is 2.21. The summed E-state index contributed by atoms with van der Waals surface area (Å²) >= 11 is 1.28. The molecule has 5 nitrogen and oxygen atoms in total. The molecular weight excluding hydrogens is 310 g/mol. The van der Waals surface area contributed by atoms with Crippen molar-refractivity contribution < 1.29 is 18.3 Å². The fourth-order valence-corrected chi connectivity index (χ4v) is 4.71. The Morgan fingerprint density at radius 2 is 2.33 bits per heavy atom. The summed E-state index contributed by atoms with van der Waals surface area (Å²) in [5.74, 6) is 5.66. The summed E-state index contributed by atoms with van der Waals surface area (Å²) in [7, 11) is -3.00. The number of nitrogens with one attached hydrogen (secondary N) is 1. The Bertz CT molecular complexity index is 694. The van der Waals surface area contributed by atoms with E-state index in [1.165, 1.54) is 11.3 Å². The van der Waals surface area contributed by atoms with Gasteiger partial charge >= 0.3 is 0 Å². The van der Waals surface area contributed by atoms with Gasteiger partial charge in [-0.2, -0.15) is 0 Å². The number of hydrogen-bond acceptors (Lipinski definition) is 5. The molecule has 1 aromatic heterocycles. The van der Waals surface area contributed by atoms with Gasteiger partial charge in [0.1, 0.15) is 0 Å². The van der Waals surface area contributed by atoms with Gasteiger partial charge in [0.05, 0.1) is 27.9 Å². The van der Waals surface area contributed by atoms with Gasteiger partial charge < -0.3 is 10.4 Å². The van der Waals surface area contributed by atoms with Crippen LogP contribution in [0.2, 0.25) is 0 Å². The number of thiophene rings is 1. The molecule has 1 atom stereocenters. The van der Waals surface area contributed by atoms with Crippen LogP contribution in [0, 0.1) is 18.8 Å². The molecule has 1 aliphatic rings. The Kier molecular flexibility index (Phi) is 5.04. The van der Waals surface area contributed by atoms with Crippen molar-refractivity contribution in [1.29, 1.82) is 0 Å². The van der Waals surface area contributed by atoms with Crippen molar-refractivity contribution in [3.63, 3.8) is 0 Å². The largest absolute Gasteiger partial charge is 0.395 e. The summed E-state index contributed by atoms with van der Waals surface area (Å²) in [5.41, 5.74) is 0.912. The highest BCUT2D eigenvalue weighted by Gasteiger charge is 2.29. The van der Waals surface area contributed by atoms with E-state index >= 15 is 0 Å². The molecule has 0 aliphatic carbocycles. The molecular formula is C14H17NO4S2. The van der Waals surface area contributed by atoms with Gasteiger partial charge in [0.2, 0.25) is 0 Å². The zero-order chi connectivity index (χ0) is 15.5. The normalized spacial score (nSPS) is 19.8. The molecule has 1 aromatic rings. The molecule has 2 N–H and O–H groups in total. The average molecular weight is 327 g/mol. The van der Waals surface area contributed by atoms with Crippen LogP contribution in [0.3, 0.4) is 0 Å². The molecule has 1 fully saturated rings. The van der Waals surface area contributed by atoms with E-state index in [9.17, 15) is 13.2 Å². The molecule has 1 unspecified atom stereocenters. The number of carbonyl (C=O) groups is 1. The number of sulfone groups is 1. The van der Waals surface area contributed by atoms with E-state index in [1.807, 2.05) is 6.92 Å². The summed E-state index contributed by atoms with van der Waals surface area (Å²) in [6.07, 6.45) is 0.875. The molecule has 0 bridgehead atoms. The second-order valence-corrected chi connectivity index (χ2v) is 8.25. The molecule has 21 heavy (non-hydrogen) atoms. The molecule has 1 saturated heterocycles. The van der Waals surface area contributed by atoms with Gasteiger partial charge in [0, 0.05) is 12.5 Å². The van der Waals surface area contributed by atoms with Gasteiger partial charge in [-0.25, -0.2) is 8.42 Å². The number of aliphatic hydroxyl groups is 1. The second-order valence-electron chi connectivity index (χ2n) is 4.97. The molecule has 1 amide bonds. The van der Waals surface area contributed by atoms with Gasteiger partial charge in [-0.1, -0.05) is 11.8 Å². The maximum absolute atomic E-state index is 12.1. The predicted octanol–water partition coefficient (Wildman–Crippen LogP) is 0.707. The smallest absolute Gasteiger partial charge is 0.261 e. The minimum atomic E-state index is -3.00. The van der Waals surface area contributed by atoms with Crippen LogP contribution in [0.4, 0.5) is 0 Å². The first-order valence-corrected chi connectivity index (χ1v) is 9.26. The lowest BCUT2D eigenvalue weighted by Crippen LogP contribution is -2.35. The molecule has 0 aromatic carbocycles. The van der Waals surface area contributed by atoms with E-state index in [0.29, 0.717) is 17.7 Å². The van der Waals surface area contributed by atoms with Crippen LogP contribution in [0.15, 0.2) is 6.07 Å². The van der Waals surface area contributed by atoms with E-state index < -0.39 is 9.84 Å². The molecule has 1 aliphatic heterocycles. The van der Waals surface area contributed by atoms with Crippen LogP contribution >= 0.6 is 11.3 Å². The van der Waals surface area contributed by atoms with Gasteiger partial charge in [0.15, 0.2) is 9.84 Å². The lowest BCUT2D eigenvalue weighted by Gasteiger charge is -2.08. The number of rotatable bonds is 3. The van der Waals surface area contributed by atoms with E-state index in [1.54, 1.807) is 6.07 Å². The van der Waals surface area contributed by atoms with E-state index in [0.717, 1.165) is 10.4 Å². The average Bonchev–Trinajstić information content (AvgIpc) is 2.93. The SMILES string of the molecule is Cc1cc(C(=O)NC2CCS(=O)(=O)C2)sc1C#CCCO. The van der Waals surface area contributed by atoms with Crippen molar-refractivity contribution in [2.24, 2.45) is 0 Å². The van der Waals surface area contributed by atoms with Crippen LogP contribution in [-0.4, -0.2) is 43.6 Å². The molecule has 0 saturated carbocycles. The van der Waals surface area contributed by atoms with Crippen molar-refractivity contribution in [2.45, 2.75) is 25.8 Å². The van der Waals surface area contributed by atoms with Crippen LogP contribution < -0.4 is 5.32 Å². The van der Waals surface area contributed by atoms with Crippen LogP contribution in [0.5, 0.6) is 0 Å². The van der Waals surface area contributed by atoms with Gasteiger partial charge in [-0.15, -0.1) is 11.3 Å². The first-order chi connectivity index (χ1) is 9.91. The van der Waals surface area contributed by atoms with Gasteiger partial charge in [-0.3, -0.25) is 4.79 Å². The number of hydrogen-bond donors (Lipinski definition) is 2. The highest BCUT2D eigenvalue weighted by atomic mass is 32.2. The summed E-state index contributed by atoms with van der Waals surface area (Å²) < 4.78 is 22.8. The third-order valence-corrected chi connectivity index (χ3v) is 6.07. The number of aryl methyl sites for hydroxylation is 1. The number of aliphatic hydroxyl groups excluding tert-OH is 1. The minimum absolute atomic E-state index is 0.0148. The molecule has 7 heteroatoms. The Hall–Kier alpha value is -1.36. The van der Waals surface area contributed by atoms with Crippen LogP contribution in [0.1, 0.15) is 33.0 Å². The Morgan fingerprint density at radius 1 is 1.57 bits per heavy atom. The molecule has 2 heterocycles. The van der Waals surface area contributed by atoms with Crippen LogP contribution in [-0.2, 0) is 9.84 Å². The van der Waals surface area contributed by atoms with Crippen molar-refractivity contribution in [1.82, 2.24) is 5.32 Å². The van der Waals surface area contributed by atoms with E-state index in [4.69, 9.17) is 5.11 Å². The quantitative estimate of drug-likeness (QED) is 0.801. The maximum atomic E-state index is 12.1. The van der Waals surface area contributed by atoms with E-state index in [2.05, 4.69) is 17.2 Å². The van der Waals surface area contributed by atoms with E-state index in [-0.39, 0.29) is 30.1 Å². The Morgan fingerprint density at radius 3 is 2.95 bits per heavy atom. The first-order valence-electron chi connectivity index (χ1n) is 6.63. The fourth-order valence-electron chi connectivity index (χ4n) is 2.08. The number of carbonyl (C=O) groups excluding carboxylic acids is 1.